The Hall–Kier alpha value is -1.25. The summed E-state index contributed by atoms with van der Waals surface area (Å²) in [7, 11) is 1.93. The Bertz CT molecular complexity index is 437. The molecule has 0 heterocycles. The molecule has 0 aromatic heterocycles. The van der Waals surface area contributed by atoms with Gasteiger partial charge in [0, 0.05) is 24.8 Å². The van der Waals surface area contributed by atoms with Crippen LogP contribution in [0.1, 0.15) is 46.5 Å². The Morgan fingerprint density at radius 2 is 1.85 bits per heavy atom. The molecular weight excluding hydrogens is 251 g/mol. The van der Waals surface area contributed by atoms with Gasteiger partial charge in [0.15, 0.2) is 0 Å². The number of benzene rings is 1. The van der Waals surface area contributed by atoms with E-state index in [1.807, 2.05) is 24.1 Å². The molecule has 0 unspecified atom stereocenters. The minimum atomic E-state index is -0.143. The number of nitrogens with one attached hydrogen (secondary N) is 1. The lowest BCUT2D eigenvalue weighted by Crippen LogP contribution is -2.27. The average molecular weight is 278 g/mol. The van der Waals surface area contributed by atoms with Gasteiger partial charge in [-0.25, -0.2) is 4.39 Å². The average Bonchev–Trinajstić information content (AvgIpc) is 2.41. The summed E-state index contributed by atoms with van der Waals surface area (Å²) in [5.41, 5.74) is 1.57. The second kappa shape index (κ2) is 6.47. The van der Waals surface area contributed by atoms with Gasteiger partial charge in [-0.1, -0.05) is 6.92 Å². The quantitative estimate of drug-likeness (QED) is 0.861. The third kappa shape index (κ3) is 3.65. The van der Waals surface area contributed by atoms with Crippen molar-refractivity contribution in [1.29, 1.82) is 0 Å². The van der Waals surface area contributed by atoms with Crippen LogP contribution in [-0.2, 0) is 0 Å². The van der Waals surface area contributed by atoms with Crippen LogP contribution in [0, 0.1) is 11.7 Å². The van der Waals surface area contributed by atoms with Gasteiger partial charge in [0.25, 0.3) is 0 Å². The van der Waals surface area contributed by atoms with Crippen LogP contribution in [0.2, 0.25) is 0 Å². The van der Waals surface area contributed by atoms with Crippen LogP contribution in [0.5, 0.6) is 0 Å². The number of nitrogens with zero attached hydrogens (tertiary/aromatic N) is 1. The van der Waals surface area contributed by atoms with Gasteiger partial charge in [-0.2, -0.15) is 0 Å². The molecule has 1 aliphatic carbocycles. The SMILES string of the molecule is CC1CCC(Nc2ccc(N(C)C(C)C)c(F)c2)CC1. The van der Waals surface area contributed by atoms with Gasteiger partial charge in [-0.3, -0.25) is 0 Å². The molecule has 0 spiro atoms. The molecule has 1 fully saturated rings. The molecule has 1 aliphatic rings. The molecule has 112 valence electrons. The van der Waals surface area contributed by atoms with Gasteiger partial charge in [0.1, 0.15) is 5.82 Å². The summed E-state index contributed by atoms with van der Waals surface area (Å²) in [4.78, 5) is 1.96. The summed E-state index contributed by atoms with van der Waals surface area (Å²) in [6, 6.07) is 6.30. The molecule has 0 saturated heterocycles. The second-order valence-corrected chi connectivity index (χ2v) is 6.47. The summed E-state index contributed by atoms with van der Waals surface area (Å²) in [6.07, 6.45) is 4.93. The van der Waals surface area contributed by atoms with Crippen LogP contribution in [0.4, 0.5) is 15.8 Å². The highest BCUT2D eigenvalue weighted by Crippen LogP contribution is 2.28. The van der Waals surface area contributed by atoms with E-state index in [-0.39, 0.29) is 5.82 Å². The number of hydrogen-bond acceptors (Lipinski definition) is 2. The van der Waals surface area contributed by atoms with Crippen LogP contribution in [0.25, 0.3) is 0 Å². The first-order valence-electron chi connectivity index (χ1n) is 7.76. The van der Waals surface area contributed by atoms with Crippen molar-refractivity contribution in [2.75, 3.05) is 17.3 Å². The third-order valence-corrected chi connectivity index (χ3v) is 4.49. The lowest BCUT2D eigenvalue weighted by atomic mass is 9.87. The van der Waals surface area contributed by atoms with Crippen molar-refractivity contribution in [2.45, 2.75) is 58.5 Å². The van der Waals surface area contributed by atoms with Gasteiger partial charge >= 0.3 is 0 Å². The minimum Gasteiger partial charge on any atom is -0.382 e. The first kappa shape index (κ1) is 15.1. The molecule has 0 aliphatic heterocycles. The second-order valence-electron chi connectivity index (χ2n) is 6.47. The van der Waals surface area contributed by atoms with Gasteiger partial charge in [-0.05, 0) is 63.6 Å². The van der Waals surface area contributed by atoms with Gasteiger partial charge in [-0.15, -0.1) is 0 Å². The van der Waals surface area contributed by atoms with Gasteiger partial charge in [0.2, 0.25) is 0 Å². The van der Waals surface area contributed by atoms with Crippen LogP contribution in [-0.4, -0.2) is 19.1 Å². The lowest BCUT2D eigenvalue weighted by molar-refractivity contribution is 0.361. The molecule has 0 radical (unpaired) electrons. The maximum atomic E-state index is 14.2. The topological polar surface area (TPSA) is 15.3 Å². The molecule has 0 bridgehead atoms. The molecule has 20 heavy (non-hydrogen) atoms. The molecule has 1 saturated carbocycles. The van der Waals surface area contributed by atoms with E-state index in [1.165, 1.54) is 25.7 Å². The predicted octanol–water partition coefficient (Wildman–Crippen LogP) is 4.66. The summed E-state index contributed by atoms with van der Waals surface area (Å²) in [5.74, 6) is 0.697. The molecule has 2 nitrogen and oxygen atoms in total. The number of anilines is 2. The van der Waals surface area contributed by atoms with Crippen molar-refractivity contribution >= 4 is 11.4 Å². The maximum Gasteiger partial charge on any atom is 0.148 e. The fourth-order valence-corrected chi connectivity index (χ4v) is 2.80. The summed E-state index contributed by atoms with van der Waals surface area (Å²) in [5, 5.41) is 3.48. The van der Waals surface area contributed by atoms with Crippen molar-refractivity contribution < 1.29 is 4.39 Å². The lowest BCUT2D eigenvalue weighted by Gasteiger charge is -2.28. The van der Waals surface area contributed by atoms with Crippen molar-refractivity contribution in [3.8, 4) is 0 Å². The van der Waals surface area contributed by atoms with E-state index in [9.17, 15) is 4.39 Å². The smallest absolute Gasteiger partial charge is 0.148 e. The Labute approximate surface area is 122 Å². The number of hydrogen-bond donors (Lipinski definition) is 1. The van der Waals surface area contributed by atoms with Gasteiger partial charge < -0.3 is 10.2 Å². The van der Waals surface area contributed by atoms with E-state index in [1.54, 1.807) is 6.07 Å². The van der Waals surface area contributed by atoms with Gasteiger partial charge in [0.05, 0.1) is 5.69 Å². The standard InChI is InChI=1S/C17H27FN2/c1-12(2)20(4)17-10-9-15(11-16(17)18)19-14-7-5-13(3)6-8-14/h9-14,19H,5-8H2,1-4H3. The van der Waals surface area contributed by atoms with E-state index in [0.29, 0.717) is 17.8 Å². The van der Waals surface area contributed by atoms with E-state index >= 15 is 0 Å². The predicted molar refractivity (Wildman–Crippen MR) is 85.0 cm³/mol. The highest BCUT2D eigenvalue weighted by molar-refractivity contribution is 5.56. The summed E-state index contributed by atoms with van der Waals surface area (Å²) < 4.78 is 14.2. The van der Waals surface area contributed by atoms with E-state index in [0.717, 1.165) is 11.6 Å². The largest absolute Gasteiger partial charge is 0.382 e. The van der Waals surface area contributed by atoms with Crippen molar-refractivity contribution in [3.05, 3.63) is 24.0 Å². The van der Waals surface area contributed by atoms with Crippen molar-refractivity contribution in [3.63, 3.8) is 0 Å². The number of rotatable bonds is 4. The summed E-state index contributed by atoms with van der Waals surface area (Å²) in [6.45, 7) is 6.44. The Balaban J connectivity index is 2.02. The fraction of sp³-hybridized carbons (Fsp3) is 0.647. The molecule has 3 heteroatoms. The maximum absolute atomic E-state index is 14.2. The van der Waals surface area contributed by atoms with Crippen LogP contribution < -0.4 is 10.2 Å². The molecule has 2 rings (SSSR count). The van der Waals surface area contributed by atoms with E-state index < -0.39 is 0 Å². The molecule has 1 aromatic carbocycles. The van der Waals surface area contributed by atoms with Crippen LogP contribution >= 0.6 is 0 Å². The first-order chi connectivity index (χ1) is 9.47. The fourth-order valence-electron chi connectivity index (χ4n) is 2.80. The zero-order valence-electron chi connectivity index (χ0n) is 13.1. The molecule has 1 aromatic rings. The number of halogens is 1. The van der Waals surface area contributed by atoms with E-state index in [2.05, 4.69) is 26.1 Å². The summed E-state index contributed by atoms with van der Waals surface area (Å²) >= 11 is 0. The van der Waals surface area contributed by atoms with Crippen molar-refractivity contribution in [2.24, 2.45) is 5.92 Å². The zero-order chi connectivity index (χ0) is 14.7. The van der Waals surface area contributed by atoms with Crippen LogP contribution in [0.3, 0.4) is 0 Å². The zero-order valence-corrected chi connectivity index (χ0v) is 13.1. The monoisotopic (exact) mass is 278 g/mol. The molecule has 1 N–H and O–H groups in total. The van der Waals surface area contributed by atoms with E-state index in [4.69, 9.17) is 0 Å². The van der Waals surface area contributed by atoms with Crippen molar-refractivity contribution in [1.82, 2.24) is 0 Å². The highest BCUT2D eigenvalue weighted by Gasteiger charge is 2.18. The highest BCUT2D eigenvalue weighted by atomic mass is 19.1. The minimum absolute atomic E-state index is 0.143. The van der Waals surface area contributed by atoms with Crippen LogP contribution in [0.15, 0.2) is 18.2 Å². The Morgan fingerprint density at radius 3 is 2.40 bits per heavy atom. The third-order valence-electron chi connectivity index (χ3n) is 4.49. The molecule has 0 amide bonds. The Kier molecular flexibility index (Phi) is 4.90. The first-order valence-corrected chi connectivity index (χ1v) is 7.76. The molecular formula is C17H27FN2. The Morgan fingerprint density at radius 1 is 1.20 bits per heavy atom. The normalized spacial score (nSPS) is 22.9. The molecule has 0 atom stereocenters.